The number of hydrogen-bond donors (Lipinski definition) is 1. The second-order valence-electron chi connectivity index (χ2n) is 7.36. The van der Waals surface area contributed by atoms with Gasteiger partial charge in [-0.1, -0.05) is 6.07 Å². The van der Waals surface area contributed by atoms with Crippen molar-refractivity contribution in [2.24, 2.45) is 0 Å². The van der Waals surface area contributed by atoms with Gasteiger partial charge in [0.1, 0.15) is 10.8 Å². The number of benzene rings is 2. The van der Waals surface area contributed by atoms with E-state index in [0.29, 0.717) is 33.9 Å². The Morgan fingerprint density at radius 1 is 1.17 bits per heavy atom. The van der Waals surface area contributed by atoms with Gasteiger partial charge in [0, 0.05) is 22.4 Å². The summed E-state index contributed by atoms with van der Waals surface area (Å²) in [6, 6.07) is 11.5. The van der Waals surface area contributed by atoms with Crippen LogP contribution in [0.25, 0.3) is 16.5 Å². The van der Waals surface area contributed by atoms with Crippen LogP contribution in [-0.2, 0) is 4.74 Å². The first-order valence-electron chi connectivity index (χ1n) is 10.6. The van der Waals surface area contributed by atoms with Gasteiger partial charge in [0.25, 0.3) is 11.5 Å². The lowest BCUT2D eigenvalue weighted by Crippen LogP contribution is -2.25. The zero-order chi connectivity index (χ0) is 24.5. The number of carbonyl (C=O) groups excluding carboxylic acids is 2. The molecule has 0 atom stereocenters. The van der Waals surface area contributed by atoms with E-state index in [9.17, 15) is 14.4 Å². The fourth-order valence-corrected chi connectivity index (χ4v) is 4.55. The Balaban J connectivity index is 1.62. The highest BCUT2D eigenvalue weighted by Crippen LogP contribution is 2.34. The molecule has 3 heterocycles. The number of fused-ring (bicyclic) bond motifs is 2. The third kappa shape index (κ3) is 4.06. The first-order valence-corrected chi connectivity index (χ1v) is 11.4. The number of methoxy groups -OCH3 is 1. The van der Waals surface area contributed by atoms with Gasteiger partial charge in [0.15, 0.2) is 17.2 Å². The number of amides is 1. The minimum atomic E-state index is -0.680. The zero-order valence-electron chi connectivity index (χ0n) is 18.7. The molecule has 1 amide bonds. The average molecular weight is 493 g/mol. The van der Waals surface area contributed by atoms with E-state index in [2.05, 4.69) is 10.4 Å². The average Bonchev–Trinajstić information content (AvgIpc) is 3.51. The van der Waals surface area contributed by atoms with E-state index >= 15 is 0 Å². The number of nitrogens with one attached hydrogen (secondary N) is 1. The Morgan fingerprint density at radius 3 is 2.80 bits per heavy atom. The van der Waals surface area contributed by atoms with E-state index in [4.69, 9.17) is 18.9 Å². The smallest absolute Gasteiger partial charge is 0.359 e. The van der Waals surface area contributed by atoms with E-state index in [1.165, 1.54) is 7.11 Å². The van der Waals surface area contributed by atoms with E-state index < -0.39 is 17.4 Å². The molecule has 1 N–H and O–H groups in total. The molecule has 0 radical (unpaired) electrons. The molecular formula is C24H19N3O7S. The summed E-state index contributed by atoms with van der Waals surface area (Å²) in [4.78, 5) is 39.2. The highest BCUT2D eigenvalue weighted by Gasteiger charge is 2.24. The minimum absolute atomic E-state index is 0.0379. The molecule has 0 fully saturated rings. The van der Waals surface area contributed by atoms with Gasteiger partial charge >= 0.3 is 5.97 Å². The van der Waals surface area contributed by atoms with Gasteiger partial charge in [-0.25, -0.2) is 4.79 Å². The van der Waals surface area contributed by atoms with Crippen LogP contribution < -0.4 is 25.1 Å². The van der Waals surface area contributed by atoms with Crippen LogP contribution in [0.5, 0.6) is 17.2 Å². The Bertz CT molecular complexity index is 1530. The lowest BCUT2D eigenvalue weighted by Gasteiger charge is -2.11. The van der Waals surface area contributed by atoms with Crippen molar-refractivity contribution in [2.45, 2.75) is 6.92 Å². The van der Waals surface area contributed by atoms with Crippen LogP contribution in [0.4, 0.5) is 5.00 Å². The van der Waals surface area contributed by atoms with Gasteiger partial charge in [0.05, 0.1) is 24.8 Å². The lowest BCUT2D eigenvalue weighted by molar-refractivity contribution is 0.0520. The number of thiophene rings is 1. The summed E-state index contributed by atoms with van der Waals surface area (Å²) in [7, 11) is 1.51. The third-order valence-corrected chi connectivity index (χ3v) is 6.18. The fourth-order valence-electron chi connectivity index (χ4n) is 3.62. The van der Waals surface area contributed by atoms with Crippen molar-refractivity contribution in [3.63, 3.8) is 0 Å². The predicted octanol–water partition coefficient (Wildman–Crippen LogP) is 3.61. The third-order valence-electron chi connectivity index (χ3n) is 5.28. The molecule has 2 aromatic heterocycles. The standard InChI is InChI=1S/C24H19N3O7S/c1-3-32-24(30)20-16-11-35-22(25-21(28)13-7-8-17-18(9-13)34-12-33-17)19(16)23(29)27(26-20)14-5-4-6-15(10-14)31-2/h4-11H,3,12H2,1-2H3,(H,25,28). The summed E-state index contributed by atoms with van der Waals surface area (Å²) >= 11 is 1.11. The molecular weight excluding hydrogens is 474 g/mol. The molecule has 0 aliphatic carbocycles. The predicted molar refractivity (Wildman–Crippen MR) is 128 cm³/mol. The highest BCUT2D eigenvalue weighted by molar-refractivity contribution is 7.16. The normalized spacial score (nSPS) is 11.9. The molecule has 2 aromatic carbocycles. The maximum Gasteiger partial charge on any atom is 0.359 e. The van der Waals surface area contributed by atoms with Crippen molar-refractivity contribution in [1.29, 1.82) is 0 Å². The summed E-state index contributed by atoms with van der Waals surface area (Å²) in [5.74, 6) is 0.391. The molecule has 0 unspecified atom stereocenters. The van der Waals surface area contributed by atoms with Gasteiger partial charge < -0.3 is 24.3 Å². The maximum absolute atomic E-state index is 13.5. The van der Waals surface area contributed by atoms with Crippen LogP contribution in [0.15, 0.2) is 52.6 Å². The van der Waals surface area contributed by atoms with E-state index in [1.54, 1.807) is 54.8 Å². The molecule has 0 bridgehead atoms. The van der Waals surface area contributed by atoms with Crippen LogP contribution in [-0.4, -0.2) is 42.2 Å². The van der Waals surface area contributed by atoms with Crippen LogP contribution >= 0.6 is 11.3 Å². The Kier molecular flexibility index (Phi) is 5.83. The first kappa shape index (κ1) is 22.4. The Hall–Kier alpha value is -4.38. The quantitative estimate of drug-likeness (QED) is 0.405. The number of esters is 1. The van der Waals surface area contributed by atoms with Crippen LogP contribution in [0.3, 0.4) is 0 Å². The second kappa shape index (κ2) is 9.11. The summed E-state index contributed by atoms with van der Waals surface area (Å²) < 4.78 is 22.1. The van der Waals surface area contributed by atoms with Gasteiger partial charge in [-0.05, 0) is 37.3 Å². The monoisotopic (exact) mass is 493 g/mol. The lowest BCUT2D eigenvalue weighted by atomic mass is 10.2. The Morgan fingerprint density at radius 2 is 2.00 bits per heavy atom. The van der Waals surface area contributed by atoms with Crippen molar-refractivity contribution < 1.29 is 28.5 Å². The topological polar surface area (TPSA) is 118 Å². The number of carbonyl (C=O) groups is 2. The molecule has 1 aliphatic heterocycles. The second-order valence-corrected chi connectivity index (χ2v) is 8.24. The number of nitrogens with zero attached hydrogens (tertiary/aromatic N) is 2. The summed E-state index contributed by atoms with van der Waals surface area (Å²) in [5, 5.41) is 9.38. The van der Waals surface area contributed by atoms with E-state index in [-0.39, 0.29) is 29.5 Å². The summed E-state index contributed by atoms with van der Waals surface area (Å²) in [6.45, 7) is 1.90. The van der Waals surface area contributed by atoms with Crippen LogP contribution in [0.1, 0.15) is 27.8 Å². The van der Waals surface area contributed by atoms with Gasteiger partial charge in [-0.3, -0.25) is 9.59 Å². The SMILES string of the molecule is CCOC(=O)c1nn(-c2cccc(OC)c2)c(=O)c2c(NC(=O)c3ccc4c(c3)OCO4)scc12. The molecule has 4 aromatic rings. The van der Waals surface area contributed by atoms with Crippen LogP contribution in [0, 0.1) is 0 Å². The number of hydrogen-bond acceptors (Lipinski definition) is 9. The van der Waals surface area contributed by atoms with Crippen LogP contribution in [0.2, 0.25) is 0 Å². The molecule has 178 valence electrons. The van der Waals surface area contributed by atoms with Crippen molar-refractivity contribution in [2.75, 3.05) is 25.8 Å². The van der Waals surface area contributed by atoms with Crippen molar-refractivity contribution in [3.05, 3.63) is 69.5 Å². The summed E-state index contributed by atoms with van der Waals surface area (Å²) in [5.41, 5.74) is 0.164. The molecule has 10 nitrogen and oxygen atoms in total. The minimum Gasteiger partial charge on any atom is -0.497 e. The highest BCUT2D eigenvalue weighted by atomic mass is 32.1. The first-order chi connectivity index (χ1) is 17.0. The molecule has 5 rings (SSSR count). The number of anilines is 1. The van der Waals surface area contributed by atoms with Gasteiger partial charge in [0.2, 0.25) is 6.79 Å². The molecule has 0 spiro atoms. The molecule has 11 heteroatoms. The van der Waals surface area contributed by atoms with Gasteiger partial charge in [-0.2, -0.15) is 9.78 Å². The zero-order valence-corrected chi connectivity index (χ0v) is 19.5. The molecule has 1 aliphatic rings. The number of rotatable bonds is 6. The fraction of sp³-hybridized carbons (Fsp3) is 0.167. The summed E-state index contributed by atoms with van der Waals surface area (Å²) in [6.07, 6.45) is 0. The van der Waals surface area contributed by atoms with Crippen molar-refractivity contribution in [1.82, 2.24) is 9.78 Å². The molecule has 0 saturated heterocycles. The van der Waals surface area contributed by atoms with E-state index in [0.717, 1.165) is 16.0 Å². The van der Waals surface area contributed by atoms with Crippen molar-refractivity contribution >= 4 is 39.0 Å². The van der Waals surface area contributed by atoms with Gasteiger partial charge in [-0.15, -0.1) is 11.3 Å². The van der Waals surface area contributed by atoms with Crippen molar-refractivity contribution in [3.8, 4) is 22.9 Å². The Labute approximate surface area is 202 Å². The molecule has 35 heavy (non-hydrogen) atoms. The number of ether oxygens (including phenoxy) is 4. The largest absolute Gasteiger partial charge is 0.497 e. The number of aromatic nitrogens is 2. The maximum atomic E-state index is 13.5. The molecule has 0 saturated carbocycles. The van der Waals surface area contributed by atoms with E-state index in [1.807, 2.05) is 0 Å².